The van der Waals surface area contributed by atoms with Crippen LogP contribution in [-0.2, 0) is 12.0 Å². The molecule has 3 rings (SSSR count). The summed E-state index contributed by atoms with van der Waals surface area (Å²) in [6.45, 7) is 7.05. The van der Waals surface area contributed by atoms with Crippen molar-refractivity contribution >= 4 is 22.7 Å². The number of pyridine rings is 1. The maximum atomic E-state index is 5.70. The molecule has 7 heteroatoms. The third-order valence-corrected chi connectivity index (χ3v) is 3.55. The molecule has 0 unspecified atom stereocenters. The van der Waals surface area contributed by atoms with Gasteiger partial charge in [-0.2, -0.15) is 5.10 Å². The van der Waals surface area contributed by atoms with Crippen molar-refractivity contribution in [2.24, 2.45) is 0 Å². The first-order chi connectivity index (χ1) is 10.9. The summed E-state index contributed by atoms with van der Waals surface area (Å²) in [5.41, 5.74) is 7.55. The molecule has 0 saturated heterocycles. The van der Waals surface area contributed by atoms with Crippen molar-refractivity contribution in [2.45, 2.75) is 32.7 Å². The SMILES string of the molecule is CC(C)(C)n1ncc2c(NCCc3ccnc(N)c3)ncnc21. The minimum atomic E-state index is -0.123. The Labute approximate surface area is 135 Å². The Hall–Kier alpha value is -2.70. The largest absolute Gasteiger partial charge is 0.384 e. The maximum absolute atomic E-state index is 5.70. The number of nitrogen functional groups attached to an aromatic ring is 1. The Kier molecular flexibility index (Phi) is 3.85. The highest BCUT2D eigenvalue weighted by Gasteiger charge is 2.19. The zero-order chi connectivity index (χ0) is 16.4. The zero-order valence-corrected chi connectivity index (χ0v) is 13.6. The minimum absolute atomic E-state index is 0.123. The van der Waals surface area contributed by atoms with Gasteiger partial charge in [0.15, 0.2) is 5.65 Å². The van der Waals surface area contributed by atoms with E-state index in [1.165, 1.54) is 0 Å². The molecule has 3 aromatic heterocycles. The van der Waals surface area contributed by atoms with Crippen LogP contribution >= 0.6 is 0 Å². The fraction of sp³-hybridized carbons (Fsp3) is 0.375. The van der Waals surface area contributed by atoms with E-state index in [0.29, 0.717) is 5.82 Å². The van der Waals surface area contributed by atoms with Crippen LogP contribution in [0.15, 0.2) is 30.9 Å². The van der Waals surface area contributed by atoms with Crippen molar-refractivity contribution < 1.29 is 0 Å². The highest BCUT2D eigenvalue weighted by molar-refractivity contribution is 5.86. The predicted octanol–water partition coefficient (Wildman–Crippen LogP) is 2.21. The van der Waals surface area contributed by atoms with Crippen LogP contribution < -0.4 is 11.1 Å². The molecule has 0 aromatic carbocycles. The van der Waals surface area contributed by atoms with Crippen LogP contribution in [-0.4, -0.2) is 31.3 Å². The first-order valence-corrected chi connectivity index (χ1v) is 7.58. The van der Waals surface area contributed by atoms with Crippen molar-refractivity contribution in [2.75, 3.05) is 17.6 Å². The van der Waals surface area contributed by atoms with Crippen LogP contribution in [0.5, 0.6) is 0 Å². The molecule has 0 amide bonds. The van der Waals surface area contributed by atoms with Crippen molar-refractivity contribution in [3.63, 3.8) is 0 Å². The number of hydrogen-bond donors (Lipinski definition) is 2. The molecule has 0 aliphatic rings. The fourth-order valence-electron chi connectivity index (χ4n) is 2.45. The van der Waals surface area contributed by atoms with Gasteiger partial charge in [0.25, 0.3) is 0 Å². The highest BCUT2D eigenvalue weighted by atomic mass is 15.3. The number of hydrogen-bond acceptors (Lipinski definition) is 6. The minimum Gasteiger partial charge on any atom is -0.384 e. The molecule has 0 aliphatic heterocycles. The lowest BCUT2D eigenvalue weighted by atomic mass is 10.1. The van der Waals surface area contributed by atoms with Crippen molar-refractivity contribution in [1.29, 1.82) is 0 Å². The van der Waals surface area contributed by atoms with Gasteiger partial charge in [-0.25, -0.2) is 19.6 Å². The van der Waals surface area contributed by atoms with Gasteiger partial charge in [-0.05, 0) is 44.9 Å². The van der Waals surface area contributed by atoms with E-state index in [9.17, 15) is 0 Å². The van der Waals surface area contributed by atoms with E-state index < -0.39 is 0 Å². The maximum Gasteiger partial charge on any atom is 0.163 e. The second-order valence-electron chi connectivity index (χ2n) is 6.45. The van der Waals surface area contributed by atoms with Gasteiger partial charge < -0.3 is 11.1 Å². The van der Waals surface area contributed by atoms with Crippen molar-refractivity contribution in [3.05, 3.63) is 36.4 Å². The molecule has 0 radical (unpaired) electrons. The van der Waals surface area contributed by atoms with Gasteiger partial charge in [0.2, 0.25) is 0 Å². The van der Waals surface area contributed by atoms with Crippen LogP contribution in [0.3, 0.4) is 0 Å². The normalized spacial score (nSPS) is 11.8. The summed E-state index contributed by atoms with van der Waals surface area (Å²) in [6, 6.07) is 3.85. The van der Waals surface area contributed by atoms with E-state index in [4.69, 9.17) is 5.73 Å². The van der Waals surface area contributed by atoms with E-state index in [1.54, 1.807) is 12.5 Å². The van der Waals surface area contributed by atoms with Gasteiger partial charge in [0.1, 0.15) is 18.0 Å². The summed E-state index contributed by atoms with van der Waals surface area (Å²) in [6.07, 6.45) is 5.94. The lowest BCUT2D eigenvalue weighted by molar-refractivity contribution is 0.366. The monoisotopic (exact) mass is 311 g/mol. The lowest BCUT2D eigenvalue weighted by Crippen LogP contribution is -2.23. The van der Waals surface area contributed by atoms with Crippen LogP contribution in [0, 0.1) is 0 Å². The summed E-state index contributed by atoms with van der Waals surface area (Å²) >= 11 is 0. The van der Waals surface area contributed by atoms with Gasteiger partial charge in [-0.1, -0.05) is 0 Å². The molecule has 0 bridgehead atoms. The number of fused-ring (bicyclic) bond motifs is 1. The van der Waals surface area contributed by atoms with E-state index in [-0.39, 0.29) is 5.54 Å². The number of nitrogens with zero attached hydrogens (tertiary/aromatic N) is 5. The van der Waals surface area contributed by atoms with Crippen LogP contribution in [0.4, 0.5) is 11.6 Å². The fourth-order valence-corrected chi connectivity index (χ4v) is 2.45. The summed E-state index contributed by atoms with van der Waals surface area (Å²) in [7, 11) is 0. The molecule has 0 fully saturated rings. The predicted molar refractivity (Wildman–Crippen MR) is 91.2 cm³/mol. The average Bonchev–Trinajstić information content (AvgIpc) is 2.92. The van der Waals surface area contributed by atoms with Gasteiger partial charge in [-0.3, -0.25) is 0 Å². The Morgan fingerprint density at radius 2 is 2.04 bits per heavy atom. The number of nitrogens with one attached hydrogen (secondary N) is 1. The second-order valence-corrected chi connectivity index (χ2v) is 6.45. The quantitative estimate of drug-likeness (QED) is 0.767. The summed E-state index contributed by atoms with van der Waals surface area (Å²) in [5.74, 6) is 1.34. The van der Waals surface area contributed by atoms with Gasteiger partial charge in [0, 0.05) is 12.7 Å². The molecule has 7 nitrogen and oxygen atoms in total. The Morgan fingerprint density at radius 3 is 2.78 bits per heavy atom. The summed E-state index contributed by atoms with van der Waals surface area (Å²) in [5, 5.41) is 8.74. The van der Waals surface area contributed by atoms with E-state index >= 15 is 0 Å². The molecule has 3 N–H and O–H groups in total. The zero-order valence-electron chi connectivity index (χ0n) is 13.6. The third kappa shape index (κ3) is 3.23. The molecule has 0 saturated carbocycles. The number of nitrogens with two attached hydrogens (primary N) is 1. The lowest BCUT2D eigenvalue weighted by Gasteiger charge is -2.19. The molecule has 120 valence electrons. The smallest absolute Gasteiger partial charge is 0.163 e. The van der Waals surface area contributed by atoms with Crippen molar-refractivity contribution in [3.8, 4) is 0 Å². The molecular formula is C16H21N7. The second kappa shape index (κ2) is 5.83. The number of aromatic nitrogens is 5. The van der Waals surface area contributed by atoms with Crippen LogP contribution in [0.2, 0.25) is 0 Å². The van der Waals surface area contributed by atoms with Gasteiger partial charge in [-0.15, -0.1) is 0 Å². The molecule has 3 heterocycles. The molecule has 23 heavy (non-hydrogen) atoms. The topological polar surface area (TPSA) is 94.5 Å². The number of anilines is 2. The van der Waals surface area contributed by atoms with Crippen LogP contribution in [0.1, 0.15) is 26.3 Å². The first-order valence-electron chi connectivity index (χ1n) is 7.58. The Morgan fingerprint density at radius 1 is 1.22 bits per heavy atom. The third-order valence-electron chi connectivity index (χ3n) is 3.55. The van der Waals surface area contributed by atoms with Crippen LogP contribution in [0.25, 0.3) is 11.0 Å². The van der Waals surface area contributed by atoms with Gasteiger partial charge in [0.05, 0.1) is 17.1 Å². The van der Waals surface area contributed by atoms with Gasteiger partial charge >= 0.3 is 0 Å². The summed E-state index contributed by atoms with van der Waals surface area (Å²) in [4.78, 5) is 12.7. The average molecular weight is 311 g/mol. The van der Waals surface area contributed by atoms with E-state index in [2.05, 4.69) is 46.1 Å². The molecular weight excluding hydrogens is 290 g/mol. The molecule has 0 aliphatic carbocycles. The Balaban J connectivity index is 1.77. The molecule has 0 spiro atoms. The molecule has 3 aromatic rings. The van der Waals surface area contributed by atoms with E-state index in [0.717, 1.165) is 35.4 Å². The van der Waals surface area contributed by atoms with E-state index in [1.807, 2.05) is 23.0 Å². The first kappa shape index (κ1) is 15.2. The standard InChI is InChI=1S/C16H21N7/c1-16(2,3)23-15-12(9-22-23)14(20-10-21-15)19-7-5-11-4-6-18-13(17)8-11/h4,6,8-10H,5,7H2,1-3H3,(H2,17,18)(H,19,20,21). The number of rotatable bonds is 4. The highest BCUT2D eigenvalue weighted by Crippen LogP contribution is 2.23. The Bertz CT molecular complexity index is 817. The molecule has 0 atom stereocenters. The summed E-state index contributed by atoms with van der Waals surface area (Å²) < 4.78 is 1.92. The van der Waals surface area contributed by atoms with Crippen molar-refractivity contribution in [1.82, 2.24) is 24.7 Å².